The van der Waals surface area contributed by atoms with Gasteiger partial charge in [-0.2, -0.15) is 5.26 Å². The van der Waals surface area contributed by atoms with Crippen LogP contribution in [0.2, 0.25) is 5.02 Å². The Labute approximate surface area is 117 Å². The van der Waals surface area contributed by atoms with Crippen molar-refractivity contribution < 1.29 is 9.53 Å². The Balaban J connectivity index is 2.35. The van der Waals surface area contributed by atoms with Crippen molar-refractivity contribution in [3.05, 3.63) is 34.9 Å². The van der Waals surface area contributed by atoms with Crippen LogP contribution in [0.3, 0.4) is 0 Å². The van der Waals surface area contributed by atoms with Crippen LogP contribution in [-0.4, -0.2) is 18.6 Å². The molecule has 0 aliphatic carbocycles. The predicted octanol–water partition coefficient (Wildman–Crippen LogP) is 2.45. The Hall–Kier alpha value is -1.57. The fourth-order valence-corrected chi connectivity index (χ4v) is 2.82. The van der Waals surface area contributed by atoms with Crippen molar-refractivity contribution in [3.63, 3.8) is 0 Å². The predicted molar refractivity (Wildman–Crippen MR) is 71.5 cm³/mol. The SMILES string of the molecule is COC(=O)[C@]1(C)C[C@@H](C#N)[C@H](c2ccccc2Cl)N1. The highest BCUT2D eigenvalue weighted by atomic mass is 35.5. The first-order valence-corrected chi connectivity index (χ1v) is 6.40. The van der Waals surface area contributed by atoms with Crippen molar-refractivity contribution in [1.29, 1.82) is 5.26 Å². The standard InChI is InChI=1S/C14H15ClN2O2/c1-14(13(18)19-2)7-9(8-16)12(17-14)10-5-3-4-6-11(10)15/h3-6,9,12,17H,7H2,1-2H3/t9-,12+,14-/m0/s1. The maximum Gasteiger partial charge on any atom is 0.325 e. The molecule has 4 nitrogen and oxygen atoms in total. The molecule has 1 aliphatic heterocycles. The number of nitrogens with zero attached hydrogens (tertiary/aromatic N) is 1. The first-order chi connectivity index (χ1) is 9.01. The first kappa shape index (κ1) is 13.9. The third-order valence-electron chi connectivity index (χ3n) is 3.55. The summed E-state index contributed by atoms with van der Waals surface area (Å²) >= 11 is 6.17. The zero-order chi connectivity index (χ0) is 14.0. The average molecular weight is 279 g/mol. The van der Waals surface area contributed by atoms with Gasteiger partial charge in [0.25, 0.3) is 0 Å². The molecule has 0 radical (unpaired) electrons. The summed E-state index contributed by atoms with van der Waals surface area (Å²) < 4.78 is 4.80. The van der Waals surface area contributed by atoms with Gasteiger partial charge in [0, 0.05) is 5.02 Å². The van der Waals surface area contributed by atoms with Gasteiger partial charge in [-0.05, 0) is 25.0 Å². The highest BCUT2D eigenvalue weighted by molar-refractivity contribution is 6.31. The lowest BCUT2D eigenvalue weighted by atomic mass is 9.91. The Bertz CT molecular complexity index is 540. The van der Waals surface area contributed by atoms with E-state index in [0.29, 0.717) is 11.4 Å². The Morgan fingerprint density at radius 1 is 1.58 bits per heavy atom. The van der Waals surface area contributed by atoms with E-state index in [4.69, 9.17) is 16.3 Å². The molecule has 1 aromatic rings. The number of ether oxygens (including phenoxy) is 1. The molecule has 1 saturated heterocycles. The molecular formula is C14H15ClN2O2. The zero-order valence-electron chi connectivity index (χ0n) is 10.8. The molecule has 3 atom stereocenters. The van der Waals surface area contributed by atoms with Crippen LogP contribution in [0.15, 0.2) is 24.3 Å². The zero-order valence-corrected chi connectivity index (χ0v) is 11.6. The third kappa shape index (κ3) is 2.44. The van der Waals surface area contributed by atoms with Crippen molar-refractivity contribution >= 4 is 17.6 Å². The number of halogens is 1. The van der Waals surface area contributed by atoms with Gasteiger partial charge in [0.1, 0.15) is 5.54 Å². The maximum atomic E-state index is 11.8. The monoisotopic (exact) mass is 278 g/mol. The molecule has 0 bridgehead atoms. The highest BCUT2D eigenvalue weighted by Gasteiger charge is 2.48. The third-order valence-corrected chi connectivity index (χ3v) is 3.89. The second-order valence-electron chi connectivity index (χ2n) is 4.91. The molecule has 2 rings (SSSR count). The number of nitrogens with one attached hydrogen (secondary N) is 1. The Kier molecular flexibility index (Phi) is 3.79. The van der Waals surface area contributed by atoms with Crippen molar-refractivity contribution in [2.45, 2.75) is 24.9 Å². The van der Waals surface area contributed by atoms with Crippen molar-refractivity contribution in [1.82, 2.24) is 5.32 Å². The largest absolute Gasteiger partial charge is 0.468 e. The molecule has 0 amide bonds. The van der Waals surface area contributed by atoms with Crippen molar-refractivity contribution in [2.24, 2.45) is 5.92 Å². The Morgan fingerprint density at radius 2 is 2.26 bits per heavy atom. The summed E-state index contributed by atoms with van der Waals surface area (Å²) in [6.45, 7) is 1.75. The van der Waals surface area contributed by atoms with Crippen LogP contribution >= 0.6 is 11.6 Å². The number of esters is 1. The van der Waals surface area contributed by atoms with Gasteiger partial charge < -0.3 is 4.74 Å². The smallest absolute Gasteiger partial charge is 0.325 e. The van der Waals surface area contributed by atoms with Crippen LogP contribution in [0.1, 0.15) is 24.9 Å². The van der Waals surface area contributed by atoms with Gasteiger partial charge in [0.15, 0.2) is 0 Å². The molecule has 0 spiro atoms. The molecule has 0 aromatic heterocycles. The topological polar surface area (TPSA) is 62.1 Å². The molecule has 100 valence electrons. The first-order valence-electron chi connectivity index (χ1n) is 6.02. The van der Waals surface area contributed by atoms with E-state index >= 15 is 0 Å². The Morgan fingerprint density at radius 3 is 2.84 bits per heavy atom. The van der Waals surface area contributed by atoms with Crippen molar-refractivity contribution in [3.8, 4) is 6.07 Å². The maximum absolute atomic E-state index is 11.8. The molecule has 1 N–H and O–H groups in total. The van der Waals surface area contributed by atoms with Crippen LogP contribution < -0.4 is 5.32 Å². The van der Waals surface area contributed by atoms with E-state index in [2.05, 4.69) is 11.4 Å². The molecule has 0 unspecified atom stereocenters. The van der Waals surface area contributed by atoms with E-state index in [0.717, 1.165) is 5.56 Å². The summed E-state index contributed by atoms with van der Waals surface area (Å²) in [6, 6.07) is 9.33. The average Bonchev–Trinajstić information content (AvgIpc) is 2.77. The van der Waals surface area contributed by atoms with E-state index in [9.17, 15) is 10.1 Å². The van der Waals surface area contributed by atoms with Gasteiger partial charge in [-0.3, -0.25) is 10.1 Å². The van der Waals surface area contributed by atoms with E-state index in [1.807, 2.05) is 18.2 Å². The molecule has 1 aromatic carbocycles. The van der Waals surface area contributed by atoms with Crippen LogP contribution in [0.4, 0.5) is 0 Å². The molecular weight excluding hydrogens is 264 g/mol. The fourth-order valence-electron chi connectivity index (χ4n) is 2.57. The molecule has 1 aliphatic rings. The number of methoxy groups -OCH3 is 1. The summed E-state index contributed by atoms with van der Waals surface area (Å²) in [4.78, 5) is 11.8. The number of benzene rings is 1. The summed E-state index contributed by atoms with van der Waals surface area (Å²) in [5.74, 6) is -0.675. The van der Waals surface area contributed by atoms with Crippen LogP contribution in [0.25, 0.3) is 0 Å². The van der Waals surface area contributed by atoms with Gasteiger partial charge in [-0.25, -0.2) is 0 Å². The summed E-state index contributed by atoms with van der Waals surface area (Å²) in [6.07, 6.45) is 0.409. The lowest BCUT2D eigenvalue weighted by Gasteiger charge is -2.23. The quantitative estimate of drug-likeness (QED) is 0.844. The van der Waals surface area contributed by atoms with E-state index in [-0.39, 0.29) is 17.9 Å². The number of hydrogen-bond donors (Lipinski definition) is 1. The highest BCUT2D eigenvalue weighted by Crippen LogP contribution is 2.40. The molecule has 1 heterocycles. The number of hydrogen-bond acceptors (Lipinski definition) is 4. The second kappa shape index (κ2) is 5.20. The summed E-state index contributed by atoms with van der Waals surface area (Å²) in [5, 5.41) is 13.1. The minimum Gasteiger partial charge on any atom is -0.468 e. The number of carbonyl (C=O) groups is 1. The summed E-state index contributed by atoms with van der Waals surface area (Å²) in [5.41, 5.74) is -0.0118. The van der Waals surface area contributed by atoms with E-state index in [1.54, 1.807) is 13.0 Å². The van der Waals surface area contributed by atoms with Gasteiger partial charge in [0.05, 0.1) is 25.1 Å². The van der Waals surface area contributed by atoms with Crippen LogP contribution in [0.5, 0.6) is 0 Å². The van der Waals surface area contributed by atoms with Gasteiger partial charge in [0.2, 0.25) is 0 Å². The molecule has 5 heteroatoms. The minimum atomic E-state index is -0.848. The summed E-state index contributed by atoms with van der Waals surface area (Å²) in [7, 11) is 1.35. The normalized spacial score (nSPS) is 29.8. The number of rotatable bonds is 2. The second-order valence-corrected chi connectivity index (χ2v) is 5.31. The molecule has 1 fully saturated rings. The lowest BCUT2D eigenvalue weighted by molar-refractivity contribution is -0.147. The van der Waals surface area contributed by atoms with Gasteiger partial charge >= 0.3 is 5.97 Å². The fraction of sp³-hybridized carbons (Fsp3) is 0.429. The van der Waals surface area contributed by atoms with Gasteiger partial charge in [-0.15, -0.1) is 0 Å². The van der Waals surface area contributed by atoms with Crippen LogP contribution in [-0.2, 0) is 9.53 Å². The van der Waals surface area contributed by atoms with Gasteiger partial charge in [-0.1, -0.05) is 29.8 Å². The lowest BCUT2D eigenvalue weighted by Crippen LogP contribution is -2.46. The molecule has 0 saturated carbocycles. The number of carbonyl (C=O) groups excluding carboxylic acids is 1. The minimum absolute atomic E-state index is 0.261. The van der Waals surface area contributed by atoms with Crippen molar-refractivity contribution in [2.75, 3.05) is 7.11 Å². The van der Waals surface area contributed by atoms with E-state index < -0.39 is 5.54 Å². The van der Waals surface area contributed by atoms with Crippen LogP contribution in [0, 0.1) is 17.2 Å². The van der Waals surface area contributed by atoms with E-state index in [1.165, 1.54) is 7.11 Å². The molecule has 19 heavy (non-hydrogen) atoms. The number of nitriles is 1.